The lowest BCUT2D eigenvalue weighted by molar-refractivity contribution is 0.102. The maximum absolute atomic E-state index is 13.1. The third kappa shape index (κ3) is 3.90. The van der Waals surface area contributed by atoms with Crippen LogP contribution in [0.1, 0.15) is 15.9 Å². The maximum atomic E-state index is 13.1. The van der Waals surface area contributed by atoms with Gasteiger partial charge in [0.25, 0.3) is 5.91 Å². The van der Waals surface area contributed by atoms with Crippen LogP contribution in [-0.4, -0.2) is 20.6 Å². The van der Waals surface area contributed by atoms with Crippen LogP contribution in [0.15, 0.2) is 41.3 Å². The monoisotopic (exact) mass is 336 g/mol. The second-order valence-corrected chi connectivity index (χ2v) is 6.69. The zero-order valence-electron chi connectivity index (χ0n) is 11.8. The fraction of sp³-hybridized carbons (Fsp3) is 0.0667. The van der Waals surface area contributed by atoms with E-state index in [9.17, 15) is 22.0 Å². The van der Waals surface area contributed by atoms with Crippen molar-refractivity contribution < 1.29 is 22.0 Å². The van der Waals surface area contributed by atoms with E-state index in [4.69, 9.17) is 5.26 Å². The second kappa shape index (κ2) is 6.14. The molecule has 0 fully saturated rings. The van der Waals surface area contributed by atoms with Crippen molar-refractivity contribution in [3.05, 3.63) is 59.2 Å². The van der Waals surface area contributed by atoms with Crippen LogP contribution in [0, 0.1) is 23.0 Å². The number of carbonyl (C=O) groups is 1. The molecule has 5 nitrogen and oxygen atoms in total. The first-order chi connectivity index (χ1) is 10.7. The summed E-state index contributed by atoms with van der Waals surface area (Å²) >= 11 is 0. The lowest BCUT2D eigenvalue weighted by Crippen LogP contribution is -2.16. The van der Waals surface area contributed by atoms with Crippen LogP contribution < -0.4 is 5.32 Å². The van der Waals surface area contributed by atoms with E-state index in [1.165, 1.54) is 6.07 Å². The molecule has 0 aliphatic carbocycles. The molecule has 0 saturated carbocycles. The van der Waals surface area contributed by atoms with E-state index in [0.717, 1.165) is 30.5 Å². The molecule has 2 aromatic rings. The maximum Gasteiger partial charge on any atom is 0.257 e. The highest BCUT2D eigenvalue weighted by atomic mass is 32.2. The number of halogens is 2. The molecule has 2 aromatic carbocycles. The Morgan fingerprint density at radius 3 is 2.26 bits per heavy atom. The Morgan fingerprint density at radius 1 is 1.13 bits per heavy atom. The van der Waals surface area contributed by atoms with E-state index in [-0.39, 0.29) is 21.7 Å². The molecule has 8 heteroatoms. The molecule has 1 amide bonds. The topological polar surface area (TPSA) is 87.0 Å². The lowest BCUT2D eigenvalue weighted by Gasteiger charge is -2.10. The van der Waals surface area contributed by atoms with Gasteiger partial charge in [-0.3, -0.25) is 4.79 Å². The van der Waals surface area contributed by atoms with E-state index in [0.29, 0.717) is 6.07 Å². The predicted octanol–water partition coefficient (Wildman–Crippen LogP) is 2.49. The number of anilines is 1. The third-order valence-corrected chi connectivity index (χ3v) is 4.03. The molecule has 0 atom stereocenters. The number of nitriles is 1. The quantitative estimate of drug-likeness (QED) is 0.933. The fourth-order valence-corrected chi connectivity index (χ4v) is 2.79. The van der Waals surface area contributed by atoms with Crippen LogP contribution >= 0.6 is 0 Å². The van der Waals surface area contributed by atoms with Crippen LogP contribution in [0.25, 0.3) is 0 Å². The molecule has 0 aliphatic heterocycles. The minimum atomic E-state index is -3.73. The van der Waals surface area contributed by atoms with Gasteiger partial charge in [-0.25, -0.2) is 17.2 Å². The summed E-state index contributed by atoms with van der Waals surface area (Å²) in [5.74, 6) is -2.68. The number of amides is 1. The van der Waals surface area contributed by atoms with Crippen molar-refractivity contribution in [1.82, 2.24) is 0 Å². The van der Waals surface area contributed by atoms with Gasteiger partial charge in [-0.15, -0.1) is 0 Å². The SMILES string of the molecule is CS(=O)(=O)c1ccc(C#N)cc1C(=O)Nc1cc(F)cc(F)c1. The molecule has 0 saturated heterocycles. The van der Waals surface area contributed by atoms with E-state index < -0.39 is 27.4 Å². The highest BCUT2D eigenvalue weighted by Gasteiger charge is 2.20. The molecule has 0 heterocycles. The van der Waals surface area contributed by atoms with Gasteiger partial charge in [0.15, 0.2) is 9.84 Å². The molecule has 118 valence electrons. The molecule has 1 N–H and O–H groups in total. The Bertz CT molecular complexity index is 914. The Labute approximate surface area is 131 Å². The Kier molecular flexibility index (Phi) is 4.43. The van der Waals surface area contributed by atoms with Crippen molar-refractivity contribution in [1.29, 1.82) is 5.26 Å². The summed E-state index contributed by atoms with van der Waals surface area (Å²) < 4.78 is 49.7. The zero-order chi connectivity index (χ0) is 17.2. The summed E-state index contributed by atoms with van der Waals surface area (Å²) in [5.41, 5.74) is -0.376. The van der Waals surface area contributed by atoms with Crippen molar-refractivity contribution >= 4 is 21.4 Å². The molecule has 0 spiro atoms. The number of nitrogens with one attached hydrogen (secondary N) is 1. The second-order valence-electron chi connectivity index (χ2n) is 4.71. The van der Waals surface area contributed by atoms with E-state index in [1.54, 1.807) is 6.07 Å². The molecule has 0 aliphatic rings. The smallest absolute Gasteiger partial charge is 0.257 e. The Morgan fingerprint density at radius 2 is 1.74 bits per heavy atom. The van der Waals surface area contributed by atoms with Crippen molar-refractivity contribution in [3.8, 4) is 6.07 Å². The Balaban J connectivity index is 2.48. The van der Waals surface area contributed by atoms with Crippen molar-refractivity contribution in [3.63, 3.8) is 0 Å². The minimum absolute atomic E-state index is 0.0768. The highest BCUT2D eigenvalue weighted by Crippen LogP contribution is 2.20. The molecule has 2 rings (SSSR count). The first-order valence-corrected chi connectivity index (χ1v) is 8.11. The van der Waals surface area contributed by atoms with Gasteiger partial charge in [0.05, 0.1) is 22.1 Å². The van der Waals surface area contributed by atoms with E-state index >= 15 is 0 Å². The summed E-state index contributed by atoms with van der Waals surface area (Å²) in [4.78, 5) is 12.0. The van der Waals surface area contributed by atoms with Gasteiger partial charge in [0.2, 0.25) is 0 Å². The van der Waals surface area contributed by atoms with Gasteiger partial charge in [0, 0.05) is 18.0 Å². The number of benzene rings is 2. The first kappa shape index (κ1) is 16.6. The van der Waals surface area contributed by atoms with Crippen LogP contribution in [-0.2, 0) is 9.84 Å². The lowest BCUT2D eigenvalue weighted by atomic mass is 10.1. The number of carbonyl (C=O) groups excluding carboxylic acids is 1. The minimum Gasteiger partial charge on any atom is -0.322 e. The number of sulfone groups is 1. The molecule has 0 bridgehead atoms. The van der Waals surface area contributed by atoms with Crippen molar-refractivity contribution in [2.75, 3.05) is 11.6 Å². The number of nitrogens with zero attached hydrogens (tertiary/aromatic N) is 1. The summed E-state index contributed by atoms with van der Waals surface area (Å²) in [6, 6.07) is 7.68. The standard InChI is InChI=1S/C15H10F2N2O3S/c1-23(21,22)14-3-2-9(8-18)4-13(14)15(20)19-12-6-10(16)5-11(17)7-12/h2-7H,1H3,(H,19,20). The molecule has 0 aromatic heterocycles. The largest absolute Gasteiger partial charge is 0.322 e. The summed E-state index contributed by atoms with van der Waals surface area (Å²) in [6.45, 7) is 0. The van der Waals surface area contributed by atoms with Crippen molar-refractivity contribution in [2.24, 2.45) is 0 Å². The van der Waals surface area contributed by atoms with E-state index in [1.807, 2.05) is 0 Å². The predicted molar refractivity (Wildman–Crippen MR) is 78.6 cm³/mol. The Hall–Kier alpha value is -2.79. The number of hydrogen-bond acceptors (Lipinski definition) is 4. The summed E-state index contributed by atoms with van der Waals surface area (Å²) in [7, 11) is -3.73. The average molecular weight is 336 g/mol. The number of hydrogen-bond donors (Lipinski definition) is 1. The molecule has 0 unspecified atom stereocenters. The average Bonchev–Trinajstić information content (AvgIpc) is 2.44. The summed E-state index contributed by atoms with van der Waals surface area (Å²) in [5, 5.41) is 11.1. The van der Waals surface area contributed by atoms with Crippen LogP contribution in [0.4, 0.5) is 14.5 Å². The van der Waals surface area contributed by atoms with Crippen LogP contribution in [0.2, 0.25) is 0 Å². The van der Waals surface area contributed by atoms with E-state index in [2.05, 4.69) is 5.32 Å². The van der Waals surface area contributed by atoms with Gasteiger partial charge in [-0.1, -0.05) is 0 Å². The third-order valence-electron chi connectivity index (χ3n) is 2.87. The molecular formula is C15H10F2N2O3S. The van der Waals surface area contributed by atoms with Crippen molar-refractivity contribution in [2.45, 2.75) is 4.90 Å². The molecule has 23 heavy (non-hydrogen) atoms. The fourth-order valence-electron chi connectivity index (χ4n) is 1.92. The van der Waals surface area contributed by atoms with Gasteiger partial charge < -0.3 is 5.32 Å². The highest BCUT2D eigenvalue weighted by molar-refractivity contribution is 7.90. The van der Waals surface area contributed by atoms with Crippen LogP contribution in [0.5, 0.6) is 0 Å². The van der Waals surface area contributed by atoms with Gasteiger partial charge >= 0.3 is 0 Å². The van der Waals surface area contributed by atoms with Gasteiger partial charge in [-0.05, 0) is 30.3 Å². The normalized spacial score (nSPS) is 10.9. The number of rotatable bonds is 3. The zero-order valence-corrected chi connectivity index (χ0v) is 12.6. The molecular weight excluding hydrogens is 326 g/mol. The first-order valence-electron chi connectivity index (χ1n) is 6.22. The van der Waals surface area contributed by atoms with Gasteiger partial charge in [0.1, 0.15) is 11.6 Å². The molecule has 0 radical (unpaired) electrons. The van der Waals surface area contributed by atoms with Crippen LogP contribution in [0.3, 0.4) is 0 Å². The summed E-state index contributed by atoms with van der Waals surface area (Å²) in [6.07, 6.45) is 0.910. The van der Waals surface area contributed by atoms with Gasteiger partial charge in [-0.2, -0.15) is 5.26 Å².